The van der Waals surface area contributed by atoms with E-state index >= 15 is 0 Å². The van der Waals surface area contributed by atoms with Gasteiger partial charge in [-0.1, -0.05) is 11.6 Å². The molecule has 2 aromatic rings. The first-order valence-corrected chi connectivity index (χ1v) is 7.97. The molecule has 0 aliphatic heterocycles. The van der Waals surface area contributed by atoms with E-state index < -0.39 is 0 Å². The molecule has 21 heavy (non-hydrogen) atoms. The lowest BCUT2D eigenvalue weighted by Gasteiger charge is -2.24. The predicted octanol–water partition coefficient (Wildman–Crippen LogP) is 4.06. The van der Waals surface area contributed by atoms with Crippen molar-refractivity contribution in [2.45, 2.75) is 13.5 Å². The van der Waals surface area contributed by atoms with Crippen LogP contribution in [0.3, 0.4) is 0 Å². The van der Waals surface area contributed by atoms with E-state index in [1.54, 1.807) is 18.4 Å². The van der Waals surface area contributed by atoms with Crippen molar-refractivity contribution in [3.8, 4) is 5.75 Å². The predicted molar refractivity (Wildman–Crippen MR) is 93.0 cm³/mol. The van der Waals surface area contributed by atoms with Gasteiger partial charge >= 0.3 is 0 Å². The average Bonchev–Trinajstić information content (AvgIpc) is 2.90. The van der Waals surface area contributed by atoms with Crippen molar-refractivity contribution in [1.29, 1.82) is 0 Å². The molecule has 0 spiro atoms. The molecule has 0 fully saturated rings. The summed E-state index contributed by atoms with van der Waals surface area (Å²) in [6, 6.07) is 5.70. The molecule has 1 aromatic carbocycles. The molecular formula is C15H20ClN3OS. The van der Waals surface area contributed by atoms with Crippen LogP contribution < -0.4 is 20.7 Å². The SMILES string of the molecule is CCN(C)c1c(N)ccc(OC)c1CNc1cc(Cl)cs1. The number of ether oxygens (including phenoxy) is 1. The van der Waals surface area contributed by atoms with Crippen LogP contribution in [0, 0.1) is 0 Å². The highest BCUT2D eigenvalue weighted by Gasteiger charge is 2.15. The first-order chi connectivity index (χ1) is 10.1. The number of hydrogen-bond donors (Lipinski definition) is 2. The Morgan fingerprint density at radius 2 is 2.19 bits per heavy atom. The normalized spacial score (nSPS) is 10.5. The largest absolute Gasteiger partial charge is 0.496 e. The summed E-state index contributed by atoms with van der Waals surface area (Å²) in [6.07, 6.45) is 0. The van der Waals surface area contributed by atoms with Crippen LogP contribution in [0.2, 0.25) is 5.02 Å². The van der Waals surface area contributed by atoms with Crippen molar-refractivity contribution in [2.24, 2.45) is 0 Å². The summed E-state index contributed by atoms with van der Waals surface area (Å²) >= 11 is 7.53. The second-order valence-corrected chi connectivity index (χ2v) is 6.03. The maximum Gasteiger partial charge on any atom is 0.126 e. The number of rotatable bonds is 6. The van der Waals surface area contributed by atoms with E-state index in [9.17, 15) is 0 Å². The monoisotopic (exact) mass is 325 g/mol. The molecule has 1 aromatic heterocycles. The molecule has 0 atom stereocenters. The van der Waals surface area contributed by atoms with E-state index in [2.05, 4.69) is 17.1 Å². The first kappa shape index (κ1) is 15.8. The fourth-order valence-electron chi connectivity index (χ4n) is 2.19. The summed E-state index contributed by atoms with van der Waals surface area (Å²) in [5, 5.41) is 7.04. The summed E-state index contributed by atoms with van der Waals surface area (Å²) in [5.74, 6) is 0.828. The molecule has 3 N–H and O–H groups in total. The zero-order valence-electron chi connectivity index (χ0n) is 12.4. The number of nitrogens with zero attached hydrogens (tertiary/aromatic N) is 1. The Labute approximate surface area is 134 Å². The number of thiophene rings is 1. The molecule has 0 saturated carbocycles. The molecule has 4 nitrogen and oxygen atoms in total. The summed E-state index contributed by atoms with van der Waals surface area (Å²) in [5.41, 5.74) is 8.96. The topological polar surface area (TPSA) is 50.5 Å². The summed E-state index contributed by atoms with van der Waals surface area (Å²) in [4.78, 5) is 2.12. The first-order valence-electron chi connectivity index (χ1n) is 6.71. The molecule has 0 radical (unpaired) electrons. The van der Waals surface area contributed by atoms with E-state index in [4.69, 9.17) is 22.1 Å². The van der Waals surface area contributed by atoms with Gasteiger partial charge in [0.2, 0.25) is 0 Å². The third-order valence-electron chi connectivity index (χ3n) is 3.35. The van der Waals surface area contributed by atoms with E-state index in [1.165, 1.54) is 0 Å². The fourth-order valence-corrected chi connectivity index (χ4v) is 3.15. The summed E-state index contributed by atoms with van der Waals surface area (Å²) in [7, 11) is 3.70. The molecular weight excluding hydrogens is 306 g/mol. The maximum absolute atomic E-state index is 6.15. The van der Waals surface area contributed by atoms with Gasteiger partial charge in [0.25, 0.3) is 0 Å². The van der Waals surface area contributed by atoms with Gasteiger partial charge in [-0.3, -0.25) is 0 Å². The minimum atomic E-state index is 0.630. The zero-order valence-corrected chi connectivity index (χ0v) is 14.0. The van der Waals surface area contributed by atoms with Crippen LogP contribution in [0.4, 0.5) is 16.4 Å². The molecule has 6 heteroatoms. The van der Waals surface area contributed by atoms with Crippen LogP contribution in [-0.4, -0.2) is 20.7 Å². The fraction of sp³-hybridized carbons (Fsp3) is 0.333. The van der Waals surface area contributed by atoms with Gasteiger partial charge in [0.15, 0.2) is 0 Å². The van der Waals surface area contributed by atoms with Gasteiger partial charge in [-0.15, -0.1) is 11.3 Å². The van der Waals surface area contributed by atoms with Gasteiger partial charge in [0, 0.05) is 31.1 Å². The van der Waals surface area contributed by atoms with Gasteiger partial charge in [0.05, 0.1) is 28.5 Å². The van der Waals surface area contributed by atoms with Crippen LogP contribution in [0.15, 0.2) is 23.6 Å². The highest BCUT2D eigenvalue weighted by Crippen LogP contribution is 2.35. The van der Waals surface area contributed by atoms with Crippen molar-refractivity contribution in [1.82, 2.24) is 0 Å². The number of anilines is 3. The van der Waals surface area contributed by atoms with Crippen LogP contribution in [-0.2, 0) is 6.54 Å². The molecule has 1 heterocycles. The molecule has 0 aliphatic rings. The van der Waals surface area contributed by atoms with E-state index in [0.717, 1.165) is 39.3 Å². The minimum Gasteiger partial charge on any atom is -0.496 e. The van der Waals surface area contributed by atoms with Crippen molar-refractivity contribution in [2.75, 3.05) is 36.7 Å². The van der Waals surface area contributed by atoms with Gasteiger partial charge < -0.3 is 20.7 Å². The van der Waals surface area contributed by atoms with Gasteiger partial charge in [-0.05, 0) is 25.1 Å². The Balaban J connectivity index is 2.32. The number of hydrogen-bond acceptors (Lipinski definition) is 5. The molecule has 2 rings (SSSR count). The van der Waals surface area contributed by atoms with E-state index in [0.29, 0.717) is 6.54 Å². The van der Waals surface area contributed by atoms with Crippen LogP contribution in [0.25, 0.3) is 0 Å². The molecule has 0 amide bonds. The van der Waals surface area contributed by atoms with Crippen LogP contribution in [0.1, 0.15) is 12.5 Å². The molecule has 0 unspecified atom stereocenters. The quantitative estimate of drug-likeness (QED) is 0.786. The number of benzene rings is 1. The van der Waals surface area contributed by atoms with Crippen molar-refractivity contribution in [3.63, 3.8) is 0 Å². The Bertz CT molecular complexity index is 615. The lowest BCUT2D eigenvalue weighted by atomic mass is 10.1. The second-order valence-electron chi connectivity index (χ2n) is 4.68. The standard InChI is InChI=1S/C15H20ClN3OS/c1-4-19(2)15-11(13(20-3)6-5-12(15)17)8-18-14-7-10(16)9-21-14/h5-7,9,18H,4,8,17H2,1-3H3. The van der Waals surface area contributed by atoms with Gasteiger partial charge in [-0.25, -0.2) is 0 Å². The van der Waals surface area contributed by atoms with Gasteiger partial charge in [-0.2, -0.15) is 0 Å². The number of methoxy groups -OCH3 is 1. The average molecular weight is 326 g/mol. The number of nitrogens with two attached hydrogens (primary N) is 1. The Hall–Kier alpha value is -1.59. The van der Waals surface area contributed by atoms with Crippen molar-refractivity contribution >= 4 is 39.3 Å². The lowest BCUT2D eigenvalue weighted by molar-refractivity contribution is 0.410. The minimum absolute atomic E-state index is 0.630. The van der Waals surface area contributed by atoms with E-state index in [1.807, 2.05) is 30.6 Å². The maximum atomic E-state index is 6.15. The van der Waals surface area contributed by atoms with Crippen molar-refractivity contribution in [3.05, 3.63) is 34.2 Å². The smallest absolute Gasteiger partial charge is 0.126 e. The summed E-state index contributed by atoms with van der Waals surface area (Å²) < 4.78 is 5.48. The Morgan fingerprint density at radius 3 is 2.76 bits per heavy atom. The third-order valence-corrected chi connectivity index (χ3v) is 4.59. The zero-order chi connectivity index (χ0) is 15.4. The van der Waals surface area contributed by atoms with Crippen LogP contribution >= 0.6 is 22.9 Å². The summed E-state index contributed by atoms with van der Waals surface area (Å²) in [6.45, 7) is 3.59. The van der Waals surface area contributed by atoms with E-state index in [-0.39, 0.29) is 0 Å². The van der Waals surface area contributed by atoms with Gasteiger partial charge in [0.1, 0.15) is 5.75 Å². The highest BCUT2D eigenvalue weighted by atomic mass is 35.5. The Morgan fingerprint density at radius 1 is 1.43 bits per heavy atom. The number of halogens is 1. The molecule has 0 bridgehead atoms. The van der Waals surface area contributed by atoms with Crippen LogP contribution in [0.5, 0.6) is 5.75 Å². The third kappa shape index (κ3) is 3.54. The molecule has 0 aliphatic carbocycles. The number of nitrogens with one attached hydrogen (secondary N) is 1. The number of nitrogen functional groups attached to an aromatic ring is 1. The highest BCUT2D eigenvalue weighted by molar-refractivity contribution is 7.14. The molecule has 0 saturated heterocycles. The lowest BCUT2D eigenvalue weighted by Crippen LogP contribution is -2.20. The van der Waals surface area contributed by atoms with Crippen molar-refractivity contribution < 1.29 is 4.74 Å². The second kappa shape index (κ2) is 6.91. The Kier molecular flexibility index (Phi) is 5.20. The molecule has 114 valence electrons.